The van der Waals surface area contributed by atoms with E-state index in [-0.39, 0.29) is 22.3 Å². The molecule has 0 saturated carbocycles. The molecule has 1 aromatic rings. The predicted octanol–water partition coefficient (Wildman–Crippen LogP) is 1.76. The number of benzene rings is 1. The van der Waals surface area contributed by atoms with Crippen LogP contribution in [-0.2, 0) is 10.0 Å². The van der Waals surface area contributed by atoms with Crippen LogP contribution in [0.4, 0.5) is 11.4 Å². The van der Waals surface area contributed by atoms with E-state index >= 15 is 0 Å². The molecular weight excluding hydrogens is 314 g/mol. The number of nitro benzene ring substituents is 1. The van der Waals surface area contributed by atoms with Crippen LogP contribution in [0.2, 0.25) is 0 Å². The number of hydrogen-bond donors (Lipinski definition) is 1. The molecule has 0 amide bonds. The first-order chi connectivity index (χ1) is 9.87. The molecule has 1 saturated heterocycles. The first kappa shape index (κ1) is 16.1. The summed E-state index contributed by atoms with van der Waals surface area (Å²) in [4.78, 5) is 10.4. The smallest absolute Gasteiger partial charge is 0.292 e. The molecule has 0 radical (unpaired) electrons. The third-order valence-electron chi connectivity index (χ3n) is 3.53. The molecule has 1 aliphatic rings. The summed E-state index contributed by atoms with van der Waals surface area (Å²) in [5, 5.41) is 13.6. The van der Waals surface area contributed by atoms with Gasteiger partial charge in [-0.2, -0.15) is 16.1 Å². The van der Waals surface area contributed by atoms with Gasteiger partial charge in [0.2, 0.25) is 10.0 Å². The molecule has 1 atom stereocenters. The van der Waals surface area contributed by atoms with Crippen LogP contribution in [0.15, 0.2) is 23.1 Å². The zero-order valence-electron chi connectivity index (χ0n) is 11.8. The first-order valence-corrected chi connectivity index (χ1v) is 8.99. The van der Waals surface area contributed by atoms with E-state index in [4.69, 9.17) is 0 Å². The van der Waals surface area contributed by atoms with Crippen LogP contribution in [-0.4, -0.2) is 49.3 Å². The van der Waals surface area contributed by atoms with Crippen molar-refractivity contribution in [3.05, 3.63) is 28.3 Å². The summed E-state index contributed by atoms with van der Waals surface area (Å²) in [6.07, 6.45) is 0.826. The fourth-order valence-electron chi connectivity index (χ4n) is 2.21. The highest BCUT2D eigenvalue weighted by Gasteiger charge is 2.31. The summed E-state index contributed by atoms with van der Waals surface area (Å²) in [7, 11) is -0.554. The Bertz CT molecular complexity index is 642. The van der Waals surface area contributed by atoms with Crippen LogP contribution in [0.5, 0.6) is 0 Å². The van der Waals surface area contributed by atoms with Crippen molar-refractivity contribution in [2.24, 2.45) is 0 Å². The zero-order chi connectivity index (χ0) is 15.6. The lowest BCUT2D eigenvalue weighted by Crippen LogP contribution is -2.36. The second-order valence-electron chi connectivity index (χ2n) is 4.72. The molecule has 7 nitrogen and oxygen atoms in total. The van der Waals surface area contributed by atoms with Gasteiger partial charge < -0.3 is 5.32 Å². The largest absolute Gasteiger partial charge is 0.383 e. The number of nitrogens with one attached hydrogen (secondary N) is 1. The highest BCUT2D eigenvalue weighted by atomic mass is 32.2. The third-order valence-corrected chi connectivity index (χ3v) is 6.58. The number of nitrogens with zero attached hydrogens (tertiary/aromatic N) is 2. The van der Waals surface area contributed by atoms with E-state index in [1.807, 2.05) is 0 Å². The lowest BCUT2D eigenvalue weighted by Gasteiger charge is -2.23. The summed E-state index contributed by atoms with van der Waals surface area (Å²) < 4.78 is 26.5. The van der Waals surface area contributed by atoms with Crippen molar-refractivity contribution in [2.45, 2.75) is 17.4 Å². The van der Waals surface area contributed by atoms with Gasteiger partial charge in [-0.3, -0.25) is 10.1 Å². The summed E-state index contributed by atoms with van der Waals surface area (Å²) in [6, 6.07) is 3.79. The molecule has 1 N–H and O–H groups in total. The molecule has 1 fully saturated rings. The van der Waals surface area contributed by atoms with Gasteiger partial charge in [0.25, 0.3) is 5.69 Å². The normalized spacial score (nSPS) is 18.9. The zero-order valence-corrected chi connectivity index (χ0v) is 13.4. The maximum absolute atomic E-state index is 12.6. The highest BCUT2D eigenvalue weighted by molar-refractivity contribution is 7.99. The summed E-state index contributed by atoms with van der Waals surface area (Å²) in [6.45, 7) is 0. The van der Waals surface area contributed by atoms with Crippen LogP contribution in [0, 0.1) is 10.1 Å². The summed E-state index contributed by atoms with van der Waals surface area (Å²) in [5.41, 5.74) is 0.0470. The molecule has 1 heterocycles. The van der Waals surface area contributed by atoms with Crippen LogP contribution < -0.4 is 5.32 Å². The van der Waals surface area contributed by atoms with E-state index in [0.29, 0.717) is 0 Å². The fourth-order valence-corrected chi connectivity index (χ4v) is 4.98. The molecule has 0 aromatic heterocycles. The number of thioether (sulfide) groups is 1. The predicted molar refractivity (Wildman–Crippen MR) is 83.3 cm³/mol. The SMILES string of the molecule is CNc1cc(S(=O)(=O)N(C)C2CCSC2)ccc1[N+](=O)[O-]. The molecule has 1 unspecified atom stereocenters. The van der Waals surface area contributed by atoms with E-state index in [1.54, 1.807) is 18.8 Å². The molecular formula is C12H17N3O4S2. The molecule has 0 spiro atoms. The molecule has 2 rings (SSSR count). The molecule has 0 aliphatic carbocycles. The lowest BCUT2D eigenvalue weighted by atomic mass is 10.3. The van der Waals surface area contributed by atoms with E-state index < -0.39 is 14.9 Å². The van der Waals surface area contributed by atoms with Crippen molar-refractivity contribution < 1.29 is 13.3 Å². The Labute approximate surface area is 127 Å². The number of anilines is 1. The number of nitro groups is 1. The maximum Gasteiger partial charge on any atom is 0.292 e. The average Bonchev–Trinajstić information content (AvgIpc) is 2.99. The Morgan fingerprint density at radius 3 is 2.71 bits per heavy atom. The Balaban J connectivity index is 2.38. The Morgan fingerprint density at radius 1 is 1.48 bits per heavy atom. The van der Waals surface area contributed by atoms with Crippen LogP contribution >= 0.6 is 11.8 Å². The van der Waals surface area contributed by atoms with Gasteiger partial charge in [-0.15, -0.1) is 0 Å². The van der Waals surface area contributed by atoms with Crippen LogP contribution in [0.3, 0.4) is 0 Å². The van der Waals surface area contributed by atoms with Gasteiger partial charge in [0.1, 0.15) is 5.69 Å². The second kappa shape index (κ2) is 6.20. The molecule has 9 heteroatoms. The molecule has 0 bridgehead atoms. The van der Waals surface area contributed by atoms with Crippen molar-refractivity contribution in [2.75, 3.05) is 30.9 Å². The van der Waals surface area contributed by atoms with Crippen molar-refractivity contribution in [3.8, 4) is 0 Å². The monoisotopic (exact) mass is 331 g/mol. The first-order valence-electron chi connectivity index (χ1n) is 6.40. The summed E-state index contributed by atoms with van der Waals surface area (Å²) >= 11 is 1.73. The molecule has 21 heavy (non-hydrogen) atoms. The van der Waals surface area contributed by atoms with E-state index in [0.717, 1.165) is 17.9 Å². The Morgan fingerprint density at radius 2 is 2.19 bits per heavy atom. The van der Waals surface area contributed by atoms with Crippen LogP contribution in [0.25, 0.3) is 0 Å². The minimum absolute atomic E-state index is 0.0202. The third kappa shape index (κ3) is 3.14. The van der Waals surface area contributed by atoms with E-state index in [1.165, 1.54) is 29.6 Å². The average molecular weight is 331 g/mol. The Hall–Kier alpha value is -1.32. The van der Waals surface area contributed by atoms with Gasteiger partial charge in [-0.25, -0.2) is 8.42 Å². The van der Waals surface area contributed by atoms with Gasteiger partial charge in [-0.1, -0.05) is 0 Å². The minimum atomic E-state index is -3.64. The van der Waals surface area contributed by atoms with Gasteiger partial charge in [0.05, 0.1) is 9.82 Å². The second-order valence-corrected chi connectivity index (χ2v) is 7.87. The van der Waals surface area contributed by atoms with E-state index in [9.17, 15) is 18.5 Å². The highest BCUT2D eigenvalue weighted by Crippen LogP contribution is 2.30. The summed E-state index contributed by atoms with van der Waals surface area (Å²) in [5.74, 6) is 1.73. The number of sulfonamides is 1. The number of rotatable bonds is 5. The van der Waals surface area contributed by atoms with Gasteiger partial charge in [0.15, 0.2) is 0 Å². The van der Waals surface area contributed by atoms with Crippen LogP contribution in [0.1, 0.15) is 6.42 Å². The minimum Gasteiger partial charge on any atom is -0.383 e. The quantitative estimate of drug-likeness (QED) is 0.653. The Kier molecular flexibility index (Phi) is 4.74. The van der Waals surface area contributed by atoms with Crippen molar-refractivity contribution in [1.82, 2.24) is 4.31 Å². The molecule has 1 aromatic carbocycles. The lowest BCUT2D eigenvalue weighted by molar-refractivity contribution is -0.384. The standard InChI is InChI=1S/C12H17N3O4S2/c1-13-11-7-10(3-4-12(11)15(16)17)21(18,19)14(2)9-5-6-20-8-9/h3-4,7,9,13H,5-6,8H2,1-2H3. The van der Waals surface area contributed by atoms with Crippen molar-refractivity contribution in [1.29, 1.82) is 0 Å². The molecule has 1 aliphatic heterocycles. The van der Waals surface area contributed by atoms with Gasteiger partial charge in [0, 0.05) is 32.0 Å². The van der Waals surface area contributed by atoms with Crippen molar-refractivity contribution in [3.63, 3.8) is 0 Å². The number of hydrogen-bond acceptors (Lipinski definition) is 6. The maximum atomic E-state index is 12.6. The molecule has 116 valence electrons. The van der Waals surface area contributed by atoms with Gasteiger partial charge in [-0.05, 0) is 24.3 Å². The topological polar surface area (TPSA) is 92.6 Å². The van der Waals surface area contributed by atoms with Crippen molar-refractivity contribution >= 4 is 33.2 Å². The fraction of sp³-hybridized carbons (Fsp3) is 0.500. The van der Waals surface area contributed by atoms with E-state index in [2.05, 4.69) is 5.32 Å². The van der Waals surface area contributed by atoms with Gasteiger partial charge >= 0.3 is 0 Å².